The van der Waals surface area contributed by atoms with Gasteiger partial charge in [0.05, 0.1) is 11.1 Å². The van der Waals surface area contributed by atoms with Crippen molar-refractivity contribution in [3.05, 3.63) is 101 Å². The number of thioether (sulfide) groups is 1. The Hall–Kier alpha value is -3.40. The van der Waals surface area contributed by atoms with Crippen molar-refractivity contribution in [2.75, 3.05) is 0 Å². The lowest BCUT2D eigenvalue weighted by Crippen LogP contribution is -2.12. The molecule has 0 aliphatic heterocycles. The van der Waals surface area contributed by atoms with E-state index in [2.05, 4.69) is 9.97 Å². The molecule has 0 fully saturated rings. The van der Waals surface area contributed by atoms with Gasteiger partial charge in [-0.25, -0.2) is 4.39 Å². The fourth-order valence-corrected chi connectivity index (χ4v) is 4.80. The predicted molar refractivity (Wildman–Crippen MR) is 144 cm³/mol. The van der Waals surface area contributed by atoms with Crippen LogP contribution in [0, 0.1) is 19.7 Å². The zero-order valence-corrected chi connectivity index (χ0v) is 23.2. The summed E-state index contributed by atoms with van der Waals surface area (Å²) in [5.41, 5.74) is 1.81. The number of hydrogen-bond donors (Lipinski definition) is 0. The number of nitrogens with zero attached hydrogens (tertiary/aromatic N) is 2. The Morgan fingerprint density at radius 2 is 1.00 bits per heavy atom. The summed E-state index contributed by atoms with van der Waals surface area (Å²) in [5, 5.41) is 0. The third-order valence-corrected chi connectivity index (χ3v) is 6.62. The lowest BCUT2D eigenvalue weighted by atomic mass is 10.0. The molecule has 40 heavy (non-hydrogen) atoms. The van der Waals surface area contributed by atoms with Gasteiger partial charge >= 0.3 is 12.4 Å². The van der Waals surface area contributed by atoms with Crippen molar-refractivity contribution in [3.63, 3.8) is 0 Å². The van der Waals surface area contributed by atoms with E-state index in [0.717, 1.165) is 23.4 Å². The molecule has 0 aliphatic rings. The first-order valence-corrected chi connectivity index (χ1v) is 12.9. The normalized spacial score (nSPS) is 12.1. The van der Waals surface area contributed by atoms with Crippen LogP contribution >= 0.6 is 11.8 Å². The smallest absolute Gasteiger partial charge is 0.262 e. The summed E-state index contributed by atoms with van der Waals surface area (Å²) in [5.74, 6) is -1.27. The van der Waals surface area contributed by atoms with Crippen LogP contribution in [0.2, 0.25) is 0 Å². The first-order chi connectivity index (χ1) is 18.4. The van der Waals surface area contributed by atoms with E-state index in [1.807, 2.05) is 27.7 Å². The molecule has 0 spiro atoms. The predicted octanol–water partition coefficient (Wildman–Crippen LogP) is 10.2. The van der Waals surface area contributed by atoms with Crippen LogP contribution in [0.15, 0.2) is 78.0 Å². The van der Waals surface area contributed by atoms with Gasteiger partial charge in [0, 0.05) is 33.4 Å². The van der Waals surface area contributed by atoms with Crippen LogP contribution in [0.4, 0.5) is 30.7 Å². The maximum atomic E-state index is 13.4. The molecule has 2 nitrogen and oxygen atoms in total. The molecule has 0 N–H and O–H groups in total. The SMILES string of the molecule is Cc1cc(-c2ccc(F)c(C(F)(F)F)c2)ccn1.Cc1cc(-c2ccc(SC(C)(C)C)c(C(F)(F)F)c2)ccn1. The lowest BCUT2D eigenvalue weighted by molar-refractivity contribution is -0.140. The topological polar surface area (TPSA) is 25.8 Å². The largest absolute Gasteiger partial charge is 0.419 e. The molecule has 0 bridgehead atoms. The molecule has 0 saturated carbocycles. The van der Waals surface area contributed by atoms with Crippen molar-refractivity contribution in [2.24, 2.45) is 0 Å². The Bertz CT molecular complexity index is 1470. The van der Waals surface area contributed by atoms with Gasteiger partial charge in [-0.05, 0) is 84.6 Å². The molecule has 0 aliphatic carbocycles. The fourth-order valence-electron chi connectivity index (χ4n) is 3.72. The van der Waals surface area contributed by atoms with Gasteiger partial charge < -0.3 is 0 Å². The van der Waals surface area contributed by atoms with E-state index in [0.29, 0.717) is 22.4 Å². The van der Waals surface area contributed by atoms with E-state index in [4.69, 9.17) is 0 Å². The van der Waals surface area contributed by atoms with Gasteiger partial charge in [-0.1, -0.05) is 32.9 Å². The number of halogens is 7. The molecule has 4 rings (SSSR count). The van der Waals surface area contributed by atoms with Crippen molar-refractivity contribution >= 4 is 11.8 Å². The van der Waals surface area contributed by atoms with Gasteiger partial charge in [-0.2, -0.15) is 26.3 Å². The van der Waals surface area contributed by atoms with Gasteiger partial charge in [0.25, 0.3) is 0 Å². The number of aromatic nitrogens is 2. The minimum atomic E-state index is -4.69. The zero-order valence-electron chi connectivity index (χ0n) is 22.4. The Kier molecular flexibility index (Phi) is 9.34. The fraction of sp³-hybridized carbons (Fsp3) is 0.267. The molecule has 4 aromatic rings. The number of pyridine rings is 2. The molecule has 2 aromatic heterocycles. The molecule has 2 aromatic carbocycles. The maximum Gasteiger partial charge on any atom is 0.419 e. The first kappa shape index (κ1) is 31.1. The number of benzene rings is 2. The highest BCUT2D eigenvalue weighted by Crippen LogP contribution is 2.43. The van der Waals surface area contributed by atoms with Crippen molar-refractivity contribution < 1.29 is 30.7 Å². The number of rotatable bonds is 3. The molecule has 10 heteroatoms. The van der Waals surface area contributed by atoms with E-state index in [1.54, 1.807) is 49.5 Å². The summed E-state index contributed by atoms with van der Waals surface area (Å²) in [4.78, 5) is 8.29. The van der Waals surface area contributed by atoms with E-state index in [9.17, 15) is 30.7 Å². The second kappa shape index (κ2) is 12.0. The lowest BCUT2D eigenvalue weighted by Gasteiger charge is -2.21. The average molecular weight is 581 g/mol. The summed E-state index contributed by atoms with van der Waals surface area (Å²) in [6, 6.07) is 14.2. The average Bonchev–Trinajstić information content (AvgIpc) is 2.82. The highest BCUT2D eigenvalue weighted by Gasteiger charge is 2.35. The molecule has 0 radical (unpaired) electrons. The summed E-state index contributed by atoms with van der Waals surface area (Å²) in [6.45, 7) is 9.25. The second-order valence-electron chi connectivity index (χ2n) is 9.99. The van der Waals surface area contributed by atoms with E-state index < -0.39 is 29.3 Å². The van der Waals surface area contributed by atoms with Crippen LogP contribution in [0.25, 0.3) is 22.3 Å². The quantitative estimate of drug-likeness (QED) is 0.178. The maximum absolute atomic E-state index is 13.4. The summed E-state index contributed by atoms with van der Waals surface area (Å²) in [6.07, 6.45) is -5.95. The van der Waals surface area contributed by atoms with Gasteiger partial charge in [-0.15, -0.1) is 11.8 Å². The van der Waals surface area contributed by atoms with Gasteiger partial charge in [-0.3, -0.25) is 9.97 Å². The molecule has 0 amide bonds. The van der Waals surface area contributed by atoms with E-state index in [-0.39, 0.29) is 9.64 Å². The molecule has 0 atom stereocenters. The molecule has 0 saturated heterocycles. The van der Waals surface area contributed by atoms with Gasteiger partial charge in [0.2, 0.25) is 0 Å². The van der Waals surface area contributed by atoms with Crippen molar-refractivity contribution in [2.45, 2.75) is 56.6 Å². The summed E-state index contributed by atoms with van der Waals surface area (Å²) < 4.78 is 90.7. The van der Waals surface area contributed by atoms with Crippen LogP contribution in [0.3, 0.4) is 0 Å². The molecule has 2 heterocycles. The molecular formula is C30H27F7N2S. The minimum Gasteiger partial charge on any atom is -0.262 e. The van der Waals surface area contributed by atoms with Gasteiger partial charge in [0.15, 0.2) is 0 Å². The number of hydrogen-bond acceptors (Lipinski definition) is 3. The second-order valence-corrected chi connectivity index (χ2v) is 11.9. The Balaban J connectivity index is 0.000000225. The number of alkyl halides is 6. The van der Waals surface area contributed by atoms with Crippen molar-refractivity contribution in [1.82, 2.24) is 9.97 Å². The Labute approximate surface area is 232 Å². The molecule has 0 unspecified atom stereocenters. The highest BCUT2D eigenvalue weighted by atomic mass is 32.2. The zero-order chi connectivity index (χ0) is 29.9. The third kappa shape index (κ3) is 8.55. The first-order valence-electron chi connectivity index (χ1n) is 12.1. The molecular weight excluding hydrogens is 553 g/mol. The minimum absolute atomic E-state index is 0.259. The summed E-state index contributed by atoms with van der Waals surface area (Å²) >= 11 is 1.23. The number of aryl methyl sites for hydroxylation is 2. The van der Waals surface area contributed by atoms with E-state index in [1.165, 1.54) is 30.1 Å². The van der Waals surface area contributed by atoms with Crippen LogP contribution in [0.5, 0.6) is 0 Å². The Morgan fingerprint density at radius 1 is 0.575 bits per heavy atom. The van der Waals surface area contributed by atoms with Crippen LogP contribution in [-0.4, -0.2) is 14.7 Å². The van der Waals surface area contributed by atoms with Crippen LogP contribution in [-0.2, 0) is 12.4 Å². The van der Waals surface area contributed by atoms with Gasteiger partial charge in [0.1, 0.15) is 5.82 Å². The molecule has 212 valence electrons. The van der Waals surface area contributed by atoms with Crippen molar-refractivity contribution in [1.29, 1.82) is 0 Å². The van der Waals surface area contributed by atoms with E-state index >= 15 is 0 Å². The van der Waals surface area contributed by atoms with Crippen LogP contribution in [0.1, 0.15) is 43.3 Å². The highest BCUT2D eigenvalue weighted by molar-refractivity contribution is 8.00. The standard InChI is InChI=1S/C17H18F3NS.C13H9F4N/c1-11-9-13(7-8-21-11)12-5-6-15(22-16(2,3)4)14(10-12)17(18,19)20;1-8-6-10(4-5-18-8)9-2-3-12(14)11(7-9)13(15,16)17/h5-10H,1-4H3;2-7H,1H3. The van der Waals surface area contributed by atoms with Crippen LogP contribution < -0.4 is 0 Å². The third-order valence-electron chi connectivity index (χ3n) is 5.43. The Morgan fingerprint density at radius 3 is 1.43 bits per heavy atom. The summed E-state index contributed by atoms with van der Waals surface area (Å²) in [7, 11) is 0. The van der Waals surface area contributed by atoms with Crippen molar-refractivity contribution in [3.8, 4) is 22.3 Å². The monoisotopic (exact) mass is 580 g/mol.